The van der Waals surface area contributed by atoms with Crippen LogP contribution in [-0.2, 0) is 0 Å². The zero-order valence-corrected chi connectivity index (χ0v) is 19.7. The van der Waals surface area contributed by atoms with Crippen LogP contribution in [0.1, 0.15) is 15.9 Å². The number of benzene rings is 3. The van der Waals surface area contributed by atoms with Gasteiger partial charge in [0.25, 0.3) is 5.91 Å². The van der Waals surface area contributed by atoms with Gasteiger partial charge in [-0.2, -0.15) is 4.80 Å². The summed E-state index contributed by atoms with van der Waals surface area (Å²) in [6.45, 7) is 1.89. The summed E-state index contributed by atoms with van der Waals surface area (Å²) in [6.07, 6.45) is 0. The molecule has 2 N–H and O–H groups in total. The van der Waals surface area contributed by atoms with Gasteiger partial charge in [0.1, 0.15) is 16.9 Å². The number of fused-ring (bicyclic) bond motifs is 1. The Morgan fingerprint density at radius 2 is 1.77 bits per heavy atom. The SMILES string of the molecule is Cc1cc2nn(-c3ccc(F)cc3)nc2cc1NC(=S)NC(=O)c1cc(I)ccc1Cl. The van der Waals surface area contributed by atoms with Crippen LogP contribution in [0.15, 0.2) is 54.6 Å². The van der Waals surface area contributed by atoms with Crippen LogP contribution in [0.25, 0.3) is 16.7 Å². The van der Waals surface area contributed by atoms with Crippen molar-refractivity contribution in [3.8, 4) is 5.69 Å². The van der Waals surface area contributed by atoms with Crippen LogP contribution in [0.5, 0.6) is 0 Å². The van der Waals surface area contributed by atoms with E-state index in [0.717, 1.165) is 9.13 Å². The molecule has 0 spiro atoms. The van der Waals surface area contributed by atoms with E-state index in [9.17, 15) is 9.18 Å². The van der Waals surface area contributed by atoms with Crippen LogP contribution in [0.3, 0.4) is 0 Å². The molecule has 3 aromatic carbocycles. The predicted octanol–water partition coefficient (Wildman–Crippen LogP) is 5.25. The van der Waals surface area contributed by atoms with Crippen LogP contribution >= 0.6 is 46.4 Å². The van der Waals surface area contributed by atoms with Crippen molar-refractivity contribution in [3.05, 3.63) is 80.1 Å². The van der Waals surface area contributed by atoms with Crippen LogP contribution in [0.2, 0.25) is 5.02 Å². The number of hydrogen-bond acceptors (Lipinski definition) is 4. The number of aryl methyl sites for hydroxylation is 1. The molecule has 0 aliphatic rings. The Bertz CT molecular complexity index is 1330. The summed E-state index contributed by atoms with van der Waals surface area (Å²) >= 11 is 13.5. The van der Waals surface area contributed by atoms with Crippen molar-refractivity contribution in [2.75, 3.05) is 5.32 Å². The number of aromatic nitrogens is 3. The molecule has 0 radical (unpaired) electrons. The van der Waals surface area contributed by atoms with E-state index in [1.165, 1.54) is 16.9 Å². The smallest absolute Gasteiger partial charge is 0.258 e. The highest BCUT2D eigenvalue weighted by atomic mass is 127. The number of nitrogens with one attached hydrogen (secondary N) is 2. The molecule has 0 bridgehead atoms. The number of amides is 1. The Labute approximate surface area is 200 Å². The lowest BCUT2D eigenvalue weighted by atomic mass is 10.2. The van der Waals surface area contributed by atoms with Gasteiger partial charge in [0, 0.05) is 9.26 Å². The second kappa shape index (κ2) is 8.85. The highest BCUT2D eigenvalue weighted by Crippen LogP contribution is 2.23. The maximum atomic E-state index is 13.2. The van der Waals surface area contributed by atoms with E-state index >= 15 is 0 Å². The minimum atomic E-state index is -0.401. The molecule has 0 saturated carbocycles. The molecule has 31 heavy (non-hydrogen) atoms. The van der Waals surface area contributed by atoms with Crippen molar-refractivity contribution in [1.82, 2.24) is 20.3 Å². The molecule has 6 nitrogen and oxygen atoms in total. The summed E-state index contributed by atoms with van der Waals surface area (Å²) in [5, 5.41) is 15.0. The van der Waals surface area contributed by atoms with Gasteiger partial charge in [-0.15, -0.1) is 10.2 Å². The third kappa shape index (κ3) is 4.83. The molecular formula is C21H14ClFIN5OS. The first-order chi connectivity index (χ1) is 14.8. The van der Waals surface area contributed by atoms with E-state index in [-0.39, 0.29) is 10.9 Å². The molecule has 4 aromatic rings. The van der Waals surface area contributed by atoms with Crippen molar-refractivity contribution in [2.45, 2.75) is 6.92 Å². The molecular weight excluding hydrogens is 552 g/mol. The van der Waals surface area contributed by atoms with Crippen molar-refractivity contribution in [3.63, 3.8) is 0 Å². The predicted molar refractivity (Wildman–Crippen MR) is 131 cm³/mol. The Balaban J connectivity index is 1.54. The van der Waals surface area contributed by atoms with Crippen molar-refractivity contribution in [2.24, 2.45) is 0 Å². The van der Waals surface area contributed by atoms with E-state index in [2.05, 4.69) is 43.4 Å². The topological polar surface area (TPSA) is 71.8 Å². The Kier molecular flexibility index (Phi) is 6.17. The quantitative estimate of drug-likeness (QED) is 0.262. The van der Waals surface area contributed by atoms with E-state index in [4.69, 9.17) is 23.8 Å². The summed E-state index contributed by atoms with van der Waals surface area (Å²) in [6, 6.07) is 14.7. The lowest BCUT2D eigenvalue weighted by Gasteiger charge is -2.12. The average molecular weight is 566 g/mol. The number of anilines is 1. The van der Waals surface area contributed by atoms with Gasteiger partial charge in [-0.25, -0.2) is 4.39 Å². The van der Waals surface area contributed by atoms with Gasteiger partial charge in [-0.05, 0) is 102 Å². The number of rotatable bonds is 3. The number of carbonyl (C=O) groups is 1. The lowest BCUT2D eigenvalue weighted by molar-refractivity contribution is 0.0978. The number of thiocarbonyl (C=S) groups is 1. The van der Waals surface area contributed by atoms with Gasteiger partial charge < -0.3 is 5.32 Å². The summed E-state index contributed by atoms with van der Waals surface area (Å²) < 4.78 is 14.1. The first kappa shape index (κ1) is 21.6. The third-order valence-electron chi connectivity index (χ3n) is 4.43. The Morgan fingerprint density at radius 3 is 2.48 bits per heavy atom. The number of nitrogens with zero attached hydrogens (tertiary/aromatic N) is 3. The normalized spacial score (nSPS) is 10.8. The van der Waals surface area contributed by atoms with Crippen LogP contribution in [0.4, 0.5) is 10.1 Å². The summed E-state index contributed by atoms with van der Waals surface area (Å²) in [5.41, 5.74) is 3.81. The second-order valence-corrected chi connectivity index (χ2v) is 8.72. The third-order valence-corrected chi connectivity index (χ3v) is 5.64. The Morgan fingerprint density at radius 1 is 1.10 bits per heavy atom. The molecule has 0 atom stereocenters. The second-order valence-electron chi connectivity index (χ2n) is 6.65. The maximum absolute atomic E-state index is 13.2. The lowest BCUT2D eigenvalue weighted by Crippen LogP contribution is -2.34. The van der Waals surface area contributed by atoms with Gasteiger partial charge in [0.15, 0.2) is 5.11 Å². The zero-order valence-electron chi connectivity index (χ0n) is 16.0. The molecule has 0 fully saturated rings. The summed E-state index contributed by atoms with van der Waals surface area (Å²) in [5.74, 6) is -0.730. The summed E-state index contributed by atoms with van der Waals surface area (Å²) in [4.78, 5) is 14.0. The van der Waals surface area contributed by atoms with Gasteiger partial charge in [-0.1, -0.05) is 11.6 Å². The van der Waals surface area contributed by atoms with Crippen LogP contribution in [0, 0.1) is 16.3 Å². The van der Waals surface area contributed by atoms with Crippen molar-refractivity contribution in [1.29, 1.82) is 0 Å². The fourth-order valence-corrected chi connectivity index (χ4v) is 3.79. The van der Waals surface area contributed by atoms with Gasteiger partial charge in [0.05, 0.1) is 16.3 Å². The molecule has 1 heterocycles. The molecule has 4 rings (SSSR count). The molecule has 10 heteroatoms. The molecule has 0 saturated heterocycles. The van der Waals surface area contributed by atoms with Gasteiger partial charge in [-0.3, -0.25) is 10.1 Å². The van der Waals surface area contributed by atoms with E-state index in [0.29, 0.717) is 33.0 Å². The fraction of sp³-hybridized carbons (Fsp3) is 0.0476. The fourth-order valence-electron chi connectivity index (χ4n) is 2.89. The van der Waals surface area contributed by atoms with Crippen molar-refractivity contribution < 1.29 is 9.18 Å². The minimum Gasteiger partial charge on any atom is -0.332 e. The molecule has 1 amide bonds. The van der Waals surface area contributed by atoms with Crippen LogP contribution in [-0.4, -0.2) is 26.0 Å². The molecule has 1 aromatic heterocycles. The molecule has 0 aliphatic carbocycles. The highest BCUT2D eigenvalue weighted by molar-refractivity contribution is 14.1. The molecule has 0 unspecified atom stereocenters. The van der Waals surface area contributed by atoms with Crippen molar-refractivity contribution >= 4 is 74.2 Å². The number of halogens is 3. The van der Waals surface area contributed by atoms with E-state index in [1.54, 1.807) is 30.3 Å². The number of hydrogen-bond donors (Lipinski definition) is 2. The van der Waals surface area contributed by atoms with Gasteiger partial charge in [0.2, 0.25) is 0 Å². The first-order valence-electron chi connectivity index (χ1n) is 9.01. The maximum Gasteiger partial charge on any atom is 0.258 e. The van der Waals surface area contributed by atoms with Gasteiger partial charge >= 0.3 is 0 Å². The molecule has 0 aliphatic heterocycles. The standard InChI is InChI=1S/C21H14ClFIN5OS/c1-11-8-18-19(28-29(27-18)14-5-2-12(23)3-6-14)10-17(11)25-21(31)26-20(30)15-9-13(24)4-7-16(15)22/h2-10H,1H3,(H2,25,26,30,31). The largest absolute Gasteiger partial charge is 0.332 e. The Hall–Kier alpha value is -2.63. The minimum absolute atomic E-state index is 0.133. The van der Waals surface area contributed by atoms with Crippen LogP contribution < -0.4 is 10.6 Å². The number of carbonyl (C=O) groups excluding carboxylic acids is 1. The van der Waals surface area contributed by atoms with E-state index < -0.39 is 5.91 Å². The summed E-state index contributed by atoms with van der Waals surface area (Å²) in [7, 11) is 0. The van der Waals surface area contributed by atoms with E-state index in [1.807, 2.05) is 19.1 Å². The zero-order chi connectivity index (χ0) is 22.1. The highest BCUT2D eigenvalue weighted by Gasteiger charge is 2.14. The monoisotopic (exact) mass is 565 g/mol. The molecule has 156 valence electrons. The average Bonchev–Trinajstić information content (AvgIpc) is 3.13. The first-order valence-corrected chi connectivity index (χ1v) is 10.9.